The molecule has 0 aliphatic rings. The normalized spacial score (nSPS) is 9.29. The fourth-order valence-electron chi connectivity index (χ4n) is 0.611. The molecule has 1 aromatic heterocycles. The summed E-state index contributed by atoms with van der Waals surface area (Å²) in [5.41, 5.74) is 0. The van der Waals surface area contributed by atoms with Crippen molar-refractivity contribution in [3.8, 4) is 11.8 Å². The molecule has 0 atom stereocenters. The molecule has 0 saturated carbocycles. The van der Waals surface area contributed by atoms with Gasteiger partial charge in [-0.05, 0) is 0 Å². The summed E-state index contributed by atoms with van der Waals surface area (Å²) >= 11 is 11.0. The summed E-state index contributed by atoms with van der Waals surface area (Å²) in [6.07, 6.45) is 0. The number of rotatable bonds is 4. The lowest BCUT2D eigenvalue weighted by molar-refractivity contribution is -0.123. The predicted molar refractivity (Wildman–Crippen MR) is 45.4 cm³/mol. The maximum absolute atomic E-state index is 10.0. The summed E-state index contributed by atoms with van der Waals surface area (Å²) in [5, 5.41) is -0.330. The Labute approximate surface area is 87.8 Å². The molecule has 0 radical (unpaired) electrons. The largest absolute Gasteiger partial charge is 0.404 e. The number of aromatic nitrogens is 2. The van der Waals surface area contributed by atoms with Gasteiger partial charge >= 0.3 is 0 Å². The number of carbonyl (C=O) groups is 2. The monoisotopic (exact) mass is 236 g/mol. The van der Waals surface area contributed by atoms with E-state index in [-0.39, 0.29) is 35.0 Å². The number of hydrogen-bond acceptors (Lipinski definition) is 6. The average Bonchev–Trinajstić information content (AvgIpc) is 2.14. The van der Waals surface area contributed by atoms with Crippen molar-refractivity contribution in [2.45, 2.75) is 0 Å². The van der Waals surface area contributed by atoms with Crippen molar-refractivity contribution in [2.75, 3.05) is 0 Å². The van der Waals surface area contributed by atoms with E-state index in [0.717, 1.165) is 0 Å². The molecule has 1 rings (SSSR count). The first-order chi connectivity index (χ1) is 6.69. The van der Waals surface area contributed by atoms with Crippen LogP contribution in [0.25, 0.3) is 0 Å². The van der Waals surface area contributed by atoms with E-state index >= 15 is 0 Å². The fraction of sp³-hybridized carbons (Fsp3) is 0. The Morgan fingerprint density at radius 3 is 1.57 bits per heavy atom. The second-order valence-corrected chi connectivity index (χ2v) is 2.56. The van der Waals surface area contributed by atoms with Gasteiger partial charge in [0.15, 0.2) is 10.3 Å². The molecule has 74 valence electrons. The van der Waals surface area contributed by atoms with E-state index in [9.17, 15) is 9.59 Å². The molecule has 8 heteroatoms. The molecule has 1 aromatic rings. The molecule has 0 aromatic carbocycles. The highest BCUT2D eigenvalue weighted by Crippen LogP contribution is 2.28. The molecule has 0 N–H and O–H groups in total. The summed E-state index contributed by atoms with van der Waals surface area (Å²) < 4.78 is 8.69. The van der Waals surface area contributed by atoms with Gasteiger partial charge in [0.25, 0.3) is 24.7 Å². The molecule has 1 heterocycles. The van der Waals surface area contributed by atoms with E-state index < -0.39 is 0 Å². The molecule has 0 saturated heterocycles. The molecular weight excluding hydrogens is 235 g/mol. The zero-order valence-electron chi connectivity index (χ0n) is 6.44. The molecule has 6 nitrogen and oxygen atoms in total. The van der Waals surface area contributed by atoms with E-state index in [1.165, 1.54) is 0 Å². The standard InChI is InChI=1S/C6H2Cl2N2O4/c7-3-4(8)10-6(14-2-12)5(9-3)13-1-11/h1-2H. The number of carbonyl (C=O) groups excluding carboxylic acids is 2. The summed E-state index contributed by atoms with van der Waals surface area (Å²) in [6.45, 7) is 0.178. The SMILES string of the molecule is O=COc1nc(Cl)c(Cl)nc1OC=O. The smallest absolute Gasteiger partial charge is 0.300 e. The lowest BCUT2D eigenvalue weighted by Gasteiger charge is -2.03. The van der Waals surface area contributed by atoms with Crippen LogP contribution in [0.4, 0.5) is 0 Å². The van der Waals surface area contributed by atoms with Crippen LogP contribution in [0.15, 0.2) is 0 Å². The topological polar surface area (TPSA) is 78.4 Å². The Morgan fingerprint density at radius 2 is 1.29 bits per heavy atom. The van der Waals surface area contributed by atoms with Crippen LogP contribution in [0.1, 0.15) is 0 Å². The third kappa shape index (κ3) is 2.30. The van der Waals surface area contributed by atoms with Gasteiger partial charge in [0.1, 0.15) is 0 Å². The molecule has 0 bridgehead atoms. The van der Waals surface area contributed by atoms with Crippen LogP contribution in [0, 0.1) is 0 Å². The van der Waals surface area contributed by atoms with Crippen LogP contribution in [-0.2, 0) is 9.59 Å². The highest BCUT2D eigenvalue weighted by Gasteiger charge is 2.13. The van der Waals surface area contributed by atoms with Gasteiger partial charge in [0.2, 0.25) is 0 Å². The third-order valence-corrected chi connectivity index (χ3v) is 1.70. The van der Waals surface area contributed by atoms with Gasteiger partial charge in [-0.2, -0.15) is 9.97 Å². The minimum atomic E-state index is -0.332. The summed E-state index contributed by atoms with van der Waals surface area (Å²) in [7, 11) is 0. The summed E-state index contributed by atoms with van der Waals surface area (Å²) in [4.78, 5) is 27.1. The lowest BCUT2D eigenvalue weighted by atomic mass is 10.6. The molecule has 0 aliphatic heterocycles. The highest BCUT2D eigenvalue weighted by atomic mass is 35.5. The maximum Gasteiger partial charge on any atom is 0.300 e. The molecule has 0 unspecified atom stereocenters. The van der Waals surface area contributed by atoms with Crippen LogP contribution in [0.5, 0.6) is 11.8 Å². The zero-order valence-corrected chi connectivity index (χ0v) is 7.95. The maximum atomic E-state index is 10.0. The Kier molecular flexibility index (Phi) is 3.61. The predicted octanol–water partition coefficient (Wildman–Crippen LogP) is 0.854. The Morgan fingerprint density at radius 1 is 0.929 bits per heavy atom. The van der Waals surface area contributed by atoms with Crippen molar-refractivity contribution in [1.29, 1.82) is 0 Å². The highest BCUT2D eigenvalue weighted by molar-refractivity contribution is 6.40. The van der Waals surface area contributed by atoms with Crippen molar-refractivity contribution in [2.24, 2.45) is 0 Å². The van der Waals surface area contributed by atoms with Crippen LogP contribution >= 0.6 is 23.2 Å². The number of halogens is 2. The Balaban J connectivity index is 3.15. The average molecular weight is 237 g/mol. The quantitative estimate of drug-likeness (QED) is 0.722. The second-order valence-electron chi connectivity index (χ2n) is 1.84. The van der Waals surface area contributed by atoms with E-state index in [1.807, 2.05) is 0 Å². The lowest BCUT2D eigenvalue weighted by Crippen LogP contribution is -2.01. The van der Waals surface area contributed by atoms with Crippen molar-refractivity contribution in [3.05, 3.63) is 10.3 Å². The van der Waals surface area contributed by atoms with Gasteiger partial charge in [-0.25, -0.2) is 0 Å². The number of ether oxygens (including phenoxy) is 2. The van der Waals surface area contributed by atoms with E-state index in [4.69, 9.17) is 23.2 Å². The Hall–Kier alpha value is -1.40. The second kappa shape index (κ2) is 4.73. The molecule has 0 amide bonds. The zero-order chi connectivity index (χ0) is 10.6. The first-order valence-electron chi connectivity index (χ1n) is 3.12. The van der Waals surface area contributed by atoms with Crippen LogP contribution in [0.3, 0.4) is 0 Å². The minimum Gasteiger partial charge on any atom is -0.404 e. The Bertz CT molecular complexity index is 336. The van der Waals surface area contributed by atoms with Crippen LogP contribution in [0.2, 0.25) is 10.3 Å². The van der Waals surface area contributed by atoms with Gasteiger partial charge in [-0.1, -0.05) is 23.2 Å². The van der Waals surface area contributed by atoms with Crippen LogP contribution in [-0.4, -0.2) is 22.9 Å². The van der Waals surface area contributed by atoms with Crippen LogP contribution < -0.4 is 9.47 Å². The number of nitrogens with zero attached hydrogens (tertiary/aromatic N) is 2. The van der Waals surface area contributed by atoms with E-state index in [1.54, 1.807) is 0 Å². The van der Waals surface area contributed by atoms with Gasteiger partial charge < -0.3 is 9.47 Å². The molecular formula is C6H2Cl2N2O4. The van der Waals surface area contributed by atoms with Crippen molar-refractivity contribution >= 4 is 36.1 Å². The van der Waals surface area contributed by atoms with Crippen molar-refractivity contribution in [1.82, 2.24) is 9.97 Å². The minimum absolute atomic E-state index is 0.0892. The van der Waals surface area contributed by atoms with Crippen molar-refractivity contribution < 1.29 is 19.1 Å². The fourth-order valence-corrected chi connectivity index (χ4v) is 0.849. The molecule has 0 aliphatic carbocycles. The van der Waals surface area contributed by atoms with E-state index in [2.05, 4.69) is 19.4 Å². The molecule has 0 spiro atoms. The molecule has 14 heavy (non-hydrogen) atoms. The van der Waals surface area contributed by atoms with E-state index in [0.29, 0.717) is 0 Å². The van der Waals surface area contributed by atoms with Gasteiger partial charge in [-0.15, -0.1) is 0 Å². The third-order valence-electron chi connectivity index (χ3n) is 1.07. The molecule has 0 fully saturated rings. The van der Waals surface area contributed by atoms with Crippen molar-refractivity contribution in [3.63, 3.8) is 0 Å². The van der Waals surface area contributed by atoms with Gasteiger partial charge in [0, 0.05) is 0 Å². The van der Waals surface area contributed by atoms with Gasteiger partial charge in [-0.3, -0.25) is 9.59 Å². The summed E-state index contributed by atoms with van der Waals surface area (Å²) in [5.74, 6) is -0.664. The first kappa shape index (κ1) is 10.7. The summed E-state index contributed by atoms with van der Waals surface area (Å²) in [6, 6.07) is 0. The first-order valence-corrected chi connectivity index (χ1v) is 3.88. The number of hydrogen-bond donors (Lipinski definition) is 0. The van der Waals surface area contributed by atoms with Gasteiger partial charge in [0.05, 0.1) is 0 Å².